The van der Waals surface area contributed by atoms with Crippen molar-refractivity contribution < 1.29 is 19.1 Å². The number of nitrogens with one attached hydrogen (secondary N) is 2. The van der Waals surface area contributed by atoms with E-state index in [-0.39, 0.29) is 24.1 Å². The molecule has 10 heteroatoms. The SMILES string of the molecule is CC(=O)O[C@@H]1CCNc2nc(-c3ccccc3)c(-c3ccccc3)nc21.CC(=O)O[C@H]1CCNc2nc(-c3ccccc3)c(-c3ccccc3)nc21. The summed E-state index contributed by atoms with van der Waals surface area (Å²) in [5.74, 6) is 0.748. The third-order valence-electron chi connectivity index (χ3n) is 8.66. The Bertz CT molecular complexity index is 2010. The molecule has 0 aliphatic carbocycles. The third-order valence-corrected chi connectivity index (χ3v) is 8.66. The van der Waals surface area contributed by atoms with Crippen molar-refractivity contribution >= 4 is 23.6 Å². The molecule has 2 aromatic heterocycles. The number of benzene rings is 4. The normalized spacial score (nSPS) is 15.7. The Morgan fingerprint density at radius 3 is 1.06 bits per heavy atom. The molecule has 2 atom stereocenters. The molecule has 10 nitrogen and oxygen atoms in total. The zero-order valence-electron chi connectivity index (χ0n) is 29.0. The predicted molar refractivity (Wildman–Crippen MR) is 201 cm³/mol. The van der Waals surface area contributed by atoms with Crippen molar-refractivity contribution in [3.8, 4) is 45.0 Å². The van der Waals surface area contributed by atoms with Crippen molar-refractivity contribution in [3.05, 3.63) is 133 Å². The molecule has 0 saturated heterocycles. The Hall–Kier alpha value is -6.42. The summed E-state index contributed by atoms with van der Waals surface area (Å²) in [5.41, 5.74) is 8.53. The first-order chi connectivity index (χ1) is 25.4. The molecule has 6 aromatic rings. The molecule has 52 heavy (non-hydrogen) atoms. The van der Waals surface area contributed by atoms with Gasteiger partial charge in [0.15, 0.2) is 11.6 Å². The van der Waals surface area contributed by atoms with Gasteiger partial charge in [-0.3, -0.25) is 9.59 Å². The maximum absolute atomic E-state index is 11.5. The molecule has 4 aromatic carbocycles. The van der Waals surface area contributed by atoms with Crippen molar-refractivity contribution in [2.24, 2.45) is 0 Å². The summed E-state index contributed by atoms with van der Waals surface area (Å²) in [6, 6.07) is 39.9. The monoisotopic (exact) mass is 690 g/mol. The fourth-order valence-electron chi connectivity index (χ4n) is 6.34. The van der Waals surface area contributed by atoms with Crippen molar-refractivity contribution in [2.75, 3.05) is 23.7 Å². The fourth-order valence-corrected chi connectivity index (χ4v) is 6.34. The van der Waals surface area contributed by atoms with Gasteiger partial charge in [0.25, 0.3) is 0 Å². The van der Waals surface area contributed by atoms with Crippen LogP contribution >= 0.6 is 0 Å². The second-order valence-corrected chi connectivity index (χ2v) is 12.4. The molecule has 8 rings (SSSR count). The molecule has 0 fully saturated rings. The number of nitrogens with zero attached hydrogens (tertiary/aromatic N) is 4. The van der Waals surface area contributed by atoms with Gasteiger partial charge in [0, 0.05) is 62.0 Å². The molecule has 0 bridgehead atoms. The first-order valence-electron chi connectivity index (χ1n) is 17.3. The van der Waals surface area contributed by atoms with Crippen molar-refractivity contribution in [2.45, 2.75) is 38.9 Å². The number of hydrogen-bond donors (Lipinski definition) is 2. The summed E-state index contributed by atoms with van der Waals surface area (Å²) >= 11 is 0. The maximum Gasteiger partial charge on any atom is 0.303 e. The van der Waals surface area contributed by atoms with Crippen LogP contribution in [-0.4, -0.2) is 45.0 Å². The minimum atomic E-state index is -0.372. The van der Waals surface area contributed by atoms with E-state index in [1.807, 2.05) is 121 Å². The molecule has 0 radical (unpaired) electrons. The summed E-state index contributed by atoms with van der Waals surface area (Å²) in [6.45, 7) is 4.23. The minimum Gasteiger partial charge on any atom is -0.456 e. The molecular formula is C42H38N6O4. The zero-order valence-corrected chi connectivity index (χ0v) is 29.0. The Morgan fingerprint density at radius 2 is 0.769 bits per heavy atom. The lowest BCUT2D eigenvalue weighted by atomic mass is 10.0. The summed E-state index contributed by atoms with van der Waals surface area (Å²) in [4.78, 5) is 42.4. The highest BCUT2D eigenvalue weighted by Crippen LogP contribution is 2.38. The van der Waals surface area contributed by atoms with E-state index in [9.17, 15) is 9.59 Å². The first-order valence-corrected chi connectivity index (χ1v) is 17.3. The standard InChI is InChI=1S/2C21H19N3O2/c2*1-14(25)26-17-12-13-22-21-20(17)23-18(15-8-4-2-5-9-15)19(24-21)16-10-6-3-7-11-16/h2*2-11,17H,12-13H2,1H3,(H,22,24)/t2*17-/m10/s1. The smallest absolute Gasteiger partial charge is 0.303 e. The van der Waals surface area contributed by atoms with Gasteiger partial charge in [0.1, 0.15) is 23.6 Å². The van der Waals surface area contributed by atoms with Crippen LogP contribution in [-0.2, 0) is 19.1 Å². The van der Waals surface area contributed by atoms with Crippen molar-refractivity contribution in [1.29, 1.82) is 0 Å². The van der Waals surface area contributed by atoms with Gasteiger partial charge in [-0.15, -0.1) is 0 Å². The molecule has 0 amide bonds. The molecule has 0 saturated carbocycles. The highest BCUT2D eigenvalue weighted by Gasteiger charge is 2.29. The number of anilines is 2. The van der Waals surface area contributed by atoms with Crippen LogP contribution in [0.25, 0.3) is 45.0 Å². The number of carbonyl (C=O) groups excluding carboxylic acids is 2. The quantitative estimate of drug-likeness (QED) is 0.164. The van der Waals surface area contributed by atoms with Crippen LogP contribution in [0.15, 0.2) is 121 Å². The number of fused-ring (bicyclic) bond motifs is 2. The van der Waals surface area contributed by atoms with Crippen LogP contribution in [0.1, 0.15) is 50.3 Å². The lowest BCUT2D eigenvalue weighted by molar-refractivity contribution is -0.148. The molecule has 260 valence electrons. The van der Waals surface area contributed by atoms with Crippen LogP contribution in [0.2, 0.25) is 0 Å². The van der Waals surface area contributed by atoms with Crippen LogP contribution in [0.4, 0.5) is 11.6 Å². The number of carbonyl (C=O) groups is 2. The van der Waals surface area contributed by atoms with E-state index in [1.54, 1.807) is 0 Å². The second kappa shape index (κ2) is 15.6. The first kappa shape index (κ1) is 34.0. The molecule has 0 unspecified atom stereocenters. The molecule has 2 aliphatic heterocycles. The number of esters is 2. The van der Waals surface area contributed by atoms with Gasteiger partial charge in [0.05, 0.1) is 22.8 Å². The average molecular weight is 691 g/mol. The van der Waals surface area contributed by atoms with Gasteiger partial charge in [-0.05, 0) is 0 Å². The van der Waals surface area contributed by atoms with Gasteiger partial charge >= 0.3 is 11.9 Å². The largest absolute Gasteiger partial charge is 0.456 e. The van der Waals surface area contributed by atoms with Crippen LogP contribution in [0, 0.1) is 0 Å². The van der Waals surface area contributed by atoms with Gasteiger partial charge < -0.3 is 20.1 Å². The number of aromatic nitrogens is 4. The molecule has 4 heterocycles. The van der Waals surface area contributed by atoms with Crippen LogP contribution in [0.5, 0.6) is 0 Å². The zero-order chi connectivity index (χ0) is 35.9. The second-order valence-electron chi connectivity index (χ2n) is 12.4. The Kier molecular flexibility index (Phi) is 10.2. The summed E-state index contributed by atoms with van der Waals surface area (Å²) in [5, 5.41) is 6.58. The minimum absolute atomic E-state index is 0.307. The van der Waals surface area contributed by atoms with Crippen molar-refractivity contribution in [3.63, 3.8) is 0 Å². The number of hydrogen-bond acceptors (Lipinski definition) is 10. The predicted octanol–water partition coefficient (Wildman–Crippen LogP) is 8.46. The van der Waals surface area contributed by atoms with E-state index in [0.717, 1.165) is 45.0 Å². The Morgan fingerprint density at radius 1 is 0.481 bits per heavy atom. The molecule has 0 spiro atoms. The van der Waals surface area contributed by atoms with E-state index < -0.39 is 0 Å². The van der Waals surface area contributed by atoms with Gasteiger partial charge in [-0.1, -0.05) is 121 Å². The maximum atomic E-state index is 11.5. The molecule has 2 aliphatic rings. The number of ether oxygens (including phenoxy) is 2. The van der Waals surface area contributed by atoms with Gasteiger partial charge in [-0.25, -0.2) is 19.9 Å². The fraction of sp³-hybridized carbons (Fsp3) is 0.190. The van der Waals surface area contributed by atoms with Crippen LogP contribution in [0.3, 0.4) is 0 Å². The lowest BCUT2D eigenvalue weighted by Crippen LogP contribution is -2.23. The highest BCUT2D eigenvalue weighted by molar-refractivity contribution is 5.81. The Labute approximate surface area is 302 Å². The summed E-state index contributed by atoms with van der Waals surface area (Å²) in [7, 11) is 0. The van der Waals surface area contributed by atoms with E-state index in [1.165, 1.54) is 13.8 Å². The highest BCUT2D eigenvalue weighted by atomic mass is 16.5. The van der Waals surface area contributed by atoms with E-state index >= 15 is 0 Å². The van der Waals surface area contributed by atoms with E-state index in [4.69, 9.17) is 29.4 Å². The third kappa shape index (κ3) is 7.66. The summed E-state index contributed by atoms with van der Waals surface area (Å²) < 4.78 is 10.9. The molecule has 2 N–H and O–H groups in total. The van der Waals surface area contributed by atoms with E-state index in [2.05, 4.69) is 10.6 Å². The van der Waals surface area contributed by atoms with Gasteiger partial charge in [0.2, 0.25) is 0 Å². The summed E-state index contributed by atoms with van der Waals surface area (Å²) in [6.07, 6.45) is 0.618. The van der Waals surface area contributed by atoms with Crippen LogP contribution < -0.4 is 10.6 Å². The van der Waals surface area contributed by atoms with E-state index in [0.29, 0.717) is 49.0 Å². The topological polar surface area (TPSA) is 128 Å². The number of rotatable bonds is 6. The average Bonchev–Trinajstić information content (AvgIpc) is 3.18. The van der Waals surface area contributed by atoms with Crippen molar-refractivity contribution in [1.82, 2.24) is 19.9 Å². The lowest BCUT2D eigenvalue weighted by Gasteiger charge is -2.26. The molecular weight excluding hydrogens is 652 g/mol. The van der Waals surface area contributed by atoms with Gasteiger partial charge in [-0.2, -0.15) is 0 Å². The Balaban J connectivity index is 0.000000162.